The fourth-order valence-corrected chi connectivity index (χ4v) is 4.09. The van der Waals surface area contributed by atoms with Gasteiger partial charge in [-0.05, 0) is 37.6 Å². The van der Waals surface area contributed by atoms with E-state index >= 15 is 0 Å². The van der Waals surface area contributed by atoms with Crippen LogP contribution in [-0.4, -0.2) is 62.9 Å². The van der Waals surface area contributed by atoms with E-state index < -0.39 is 10.0 Å². The molecule has 1 aliphatic carbocycles. The standard InChI is InChI=1S/C16H23N3O3S/c1-2-18-8-10-19(11-9-18)16(20)13-4-3-5-15(12-13)23(21,22)17-14-6-7-14/h3-5,12,14,17H,2,6-11H2,1H3. The van der Waals surface area contributed by atoms with E-state index in [-0.39, 0.29) is 16.8 Å². The van der Waals surface area contributed by atoms with Crippen molar-refractivity contribution in [1.82, 2.24) is 14.5 Å². The average Bonchev–Trinajstić information content (AvgIpc) is 3.37. The Bertz CT molecular complexity index is 678. The molecule has 1 aromatic rings. The molecule has 0 bridgehead atoms. The number of nitrogens with one attached hydrogen (secondary N) is 1. The average molecular weight is 337 g/mol. The van der Waals surface area contributed by atoms with E-state index in [0.29, 0.717) is 18.7 Å². The monoisotopic (exact) mass is 337 g/mol. The first-order chi connectivity index (χ1) is 11.0. The third kappa shape index (κ3) is 3.91. The summed E-state index contributed by atoms with van der Waals surface area (Å²) >= 11 is 0. The number of carbonyl (C=O) groups excluding carboxylic acids is 1. The van der Waals surface area contributed by atoms with Crippen molar-refractivity contribution in [3.05, 3.63) is 29.8 Å². The van der Waals surface area contributed by atoms with Gasteiger partial charge < -0.3 is 9.80 Å². The molecule has 3 rings (SSSR count). The van der Waals surface area contributed by atoms with Crippen molar-refractivity contribution in [1.29, 1.82) is 0 Å². The molecular formula is C16H23N3O3S. The Labute approximate surface area is 137 Å². The van der Waals surface area contributed by atoms with Gasteiger partial charge in [0.1, 0.15) is 0 Å². The highest BCUT2D eigenvalue weighted by atomic mass is 32.2. The fraction of sp³-hybridized carbons (Fsp3) is 0.562. The van der Waals surface area contributed by atoms with Crippen molar-refractivity contribution in [3.63, 3.8) is 0 Å². The molecule has 7 heteroatoms. The zero-order valence-electron chi connectivity index (χ0n) is 13.4. The number of hydrogen-bond acceptors (Lipinski definition) is 4. The molecule has 0 aromatic heterocycles. The number of nitrogens with zero attached hydrogens (tertiary/aromatic N) is 2. The highest BCUT2D eigenvalue weighted by molar-refractivity contribution is 7.89. The minimum Gasteiger partial charge on any atom is -0.336 e. The van der Waals surface area contributed by atoms with E-state index in [1.54, 1.807) is 17.0 Å². The van der Waals surface area contributed by atoms with Gasteiger partial charge in [-0.25, -0.2) is 13.1 Å². The Hall–Kier alpha value is -1.44. The summed E-state index contributed by atoms with van der Waals surface area (Å²) in [6.07, 6.45) is 1.78. The van der Waals surface area contributed by atoms with Crippen molar-refractivity contribution in [3.8, 4) is 0 Å². The Balaban J connectivity index is 1.73. The first kappa shape index (κ1) is 16.4. The largest absolute Gasteiger partial charge is 0.336 e. The molecule has 1 N–H and O–H groups in total. The van der Waals surface area contributed by atoms with E-state index in [9.17, 15) is 13.2 Å². The van der Waals surface area contributed by atoms with E-state index in [1.807, 2.05) is 0 Å². The zero-order chi connectivity index (χ0) is 16.4. The van der Waals surface area contributed by atoms with Crippen LogP contribution in [-0.2, 0) is 10.0 Å². The first-order valence-electron chi connectivity index (χ1n) is 8.13. The second-order valence-corrected chi connectivity index (χ2v) is 7.86. The molecule has 23 heavy (non-hydrogen) atoms. The van der Waals surface area contributed by atoms with Gasteiger partial charge in [0.15, 0.2) is 0 Å². The molecule has 1 aliphatic heterocycles. The molecule has 0 unspecified atom stereocenters. The molecule has 1 saturated carbocycles. The van der Waals surface area contributed by atoms with Gasteiger partial charge in [0, 0.05) is 37.8 Å². The molecule has 2 aliphatic rings. The van der Waals surface area contributed by atoms with Gasteiger partial charge in [0.2, 0.25) is 10.0 Å². The second-order valence-electron chi connectivity index (χ2n) is 6.15. The van der Waals surface area contributed by atoms with Gasteiger partial charge in [0.05, 0.1) is 4.90 Å². The van der Waals surface area contributed by atoms with Crippen molar-refractivity contribution in [2.75, 3.05) is 32.7 Å². The number of rotatable bonds is 5. The van der Waals surface area contributed by atoms with Gasteiger partial charge in [0.25, 0.3) is 5.91 Å². The molecule has 1 heterocycles. The summed E-state index contributed by atoms with van der Waals surface area (Å²) < 4.78 is 27.2. The second kappa shape index (κ2) is 6.59. The van der Waals surface area contributed by atoms with Crippen LogP contribution in [0.1, 0.15) is 30.1 Å². The molecule has 1 aromatic carbocycles. The lowest BCUT2D eigenvalue weighted by atomic mass is 10.2. The molecule has 6 nitrogen and oxygen atoms in total. The van der Waals surface area contributed by atoms with E-state index in [0.717, 1.165) is 32.5 Å². The third-order valence-electron chi connectivity index (χ3n) is 4.40. The summed E-state index contributed by atoms with van der Waals surface area (Å²) in [6, 6.07) is 6.40. The molecule has 126 valence electrons. The van der Waals surface area contributed by atoms with Crippen LogP contribution in [0.25, 0.3) is 0 Å². The number of amides is 1. The maximum Gasteiger partial charge on any atom is 0.253 e. The van der Waals surface area contributed by atoms with Crippen LogP contribution in [0.4, 0.5) is 0 Å². The van der Waals surface area contributed by atoms with Crippen LogP contribution in [0.5, 0.6) is 0 Å². The number of piperazine rings is 1. The maximum absolute atomic E-state index is 12.6. The molecule has 0 spiro atoms. The van der Waals surface area contributed by atoms with Crippen LogP contribution in [0.15, 0.2) is 29.2 Å². The number of likely N-dealkylation sites (N-methyl/N-ethyl adjacent to an activating group) is 1. The highest BCUT2D eigenvalue weighted by Crippen LogP contribution is 2.22. The summed E-state index contributed by atoms with van der Waals surface area (Å²) in [6.45, 7) is 6.20. The number of sulfonamides is 1. The van der Waals surface area contributed by atoms with Crippen molar-refractivity contribution in [2.24, 2.45) is 0 Å². The van der Waals surface area contributed by atoms with Crippen LogP contribution in [0, 0.1) is 0 Å². The minimum atomic E-state index is -3.53. The number of benzene rings is 1. The van der Waals surface area contributed by atoms with Crippen LogP contribution < -0.4 is 4.72 Å². The Morgan fingerprint density at radius 3 is 2.52 bits per heavy atom. The Morgan fingerprint density at radius 2 is 1.91 bits per heavy atom. The van der Waals surface area contributed by atoms with Gasteiger partial charge in [-0.2, -0.15) is 0 Å². The maximum atomic E-state index is 12.6. The van der Waals surface area contributed by atoms with Gasteiger partial charge in [-0.1, -0.05) is 13.0 Å². The lowest BCUT2D eigenvalue weighted by molar-refractivity contribution is 0.0643. The van der Waals surface area contributed by atoms with Gasteiger partial charge in [-0.3, -0.25) is 4.79 Å². The van der Waals surface area contributed by atoms with Crippen LogP contribution >= 0.6 is 0 Å². The summed E-state index contributed by atoms with van der Waals surface area (Å²) in [5, 5.41) is 0. The van der Waals surface area contributed by atoms with Crippen molar-refractivity contribution in [2.45, 2.75) is 30.7 Å². The molecule has 1 amide bonds. The summed E-state index contributed by atoms with van der Waals surface area (Å²) in [5.74, 6) is -0.0933. The molecule has 1 saturated heterocycles. The lowest BCUT2D eigenvalue weighted by Crippen LogP contribution is -2.48. The highest BCUT2D eigenvalue weighted by Gasteiger charge is 2.29. The molecule has 2 fully saturated rings. The predicted octanol–water partition coefficient (Wildman–Crippen LogP) is 0.905. The van der Waals surface area contributed by atoms with Crippen LogP contribution in [0.2, 0.25) is 0 Å². The normalized spacial score (nSPS) is 19.8. The first-order valence-corrected chi connectivity index (χ1v) is 9.62. The van der Waals surface area contributed by atoms with Crippen molar-refractivity contribution >= 4 is 15.9 Å². The van der Waals surface area contributed by atoms with Gasteiger partial charge >= 0.3 is 0 Å². The number of hydrogen-bond donors (Lipinski definition) is 1. The lowest BCUT2D eigenvalue weighted by Gasteiger charge is -2.34. The molecule has 0 atom stereocenters. The fourth-order valence-electron chi connectivity index (χ4n) is 2.73. The van der Waals surface area contributed by atoms with E-state index in [1.165, 1.54) is 12.1 Å². The SMILES string of the molecule is CCN1CCN(C(=O)c2cccc(S(=O)(=O)NC3CC3)c2)CC1. The summed E-state index contributed by atoms with van der Waals surface area (Å²) in [4.78, 5) is 16.9. The quantitative estimate of drug-likeness (QED) is 0.867. The van der Waals surface area contributed by atoms with E-state index in [4.69, 9.17) is 0 Å². The van der Waals surface area contributed by atoms with Crippen molar-refractivity contribution < 1.29 is 13.2 Å². The topological polar surface area (TPSA) is 69.7 Å². The molecule has 0 radical (unpaired) electrons. The van der Waals surface area contributed by atoms with Crippen LogP contribution in [0.3, 0.4) is 0 Å². The zero-order valence-corrected chi connectivity index (χ0v) is 14.2. The Morgan fingerprint density at radius 1 is 1.22 bits per heavy atom. The summed E-state index contributed by atoms with van der Waals surface area (Å²) in [5.41, 5.74) is 0.439. The third-order valence-corrected chi connectivity index (χ3v) is 5.92. The van der Waals surface area contributed by atoms with E-state index in [2.05, 4.69) is 16.5 Å². The smallest absolute Gasteiger partial charge is 0.253 e. The number of carbonyl (C=O) groups is 1. The predicted molar refractivity (Wildman–Crippen MR) is 87.8 cm³/mol. The summed E-state index contributed by atoms with van der Waals surface area (Å²) in [7, 11) is -3.53. The molecular weight excluding hydrogens is 314 g/mol. The van der Waals surface area contributed by atoms with Gasteiger partial charge in [-0.15, -0.1) is 0 Å². The Kier molecular flexibility index (Phi) is 4.70. The minimum absolute atomic E-state index is 0.0569.